The lowest BCUT2D eigenvalue weighted by molar-refractivity contribution is -0.112. The van der Waals surface area contributed by atoms with Gasteiger partial charge in [-0.3, -0.25) is 4.79 Å². The number of hydrogen-bond acceptors (Lipinski definition) is 4. The number of amides is 1. The average molecular weight is 299 g/mol. The first kappa shape index (κ1) is 15.2. The molecule has 4 N–H and O–H groups in total. The molecule has 0 unspecified atom stereocenters. The van der Waals surface area contributed by atoms with Crippen LogP contribution in [0.1, 0.15) is 0 Å². The summed E-state index contributed by atoms with van der Waals surface area (Å²) in [4.78, 5) is 11.8. The van der Waals surface area contributed by atoms with Gasteiger partial charge in [0, 0.05) is 24.3 Å². The van der Waals surface area contributed by atoms with Crippen molar-refractivity contribution in [2.45, 2.75) is 0 Å². The van der Waals surface area contributed by atoms with E-state index in [1.807, 2.05) is 0 Å². The van der Waals surface area contributed by atoms with Gasteiger partial charge in [-0.2, -0.15) is 5.26 Å². The van der Waals surface area contributed by atoms with Crippen molar-refractivity contribution in [2.24, 2.45) is 0 Å². The number of halogens is 2. The maximum atomic E-state index is 11.8. The van der Waals surface area contributed by atoms with Crippen molar-refractivity contribution >= 4 is 40.5 Å². The van der Waals surface area contributed by atoms with Crippen LogP contribution in [0, 0.1) is 11.3 Å². The van der Waals surface area contributed by atoms with Crippen LogP contribution >= 0.6 is 23.2 Å². The third-order valence-corrected chi connectivity index (χ3v) is 2.62. The molecule has 0 saturated heterocycles. The molecule has 0 fully saturated rings. The largest absolute Gasteiger partial charge is 0.398 e. The minimum atomic E-state index is -0.537. The number of carbonyl (C=O) groups is 1. The van der Waals surface area contributed by atoms with Crippen molar-refractivity contribution in [1.29, 1.82) is 5.26 Å². The number of nitrogen functional groups attached to an aromatic ring is 1. The van der Waals surface area contributed by atoms with Gasteiger partial charge < -0.3 is 16.4 Å². The number of nitrogens with one attached hydrogen (secondary N) is 2. The van der Waals surface area contributed by atoms with Gasteiger partial charge in [-0.05, 0) is 18.2 Å². The molecule has 1 rings (SSSR count). The number of carbonyl (C=O) groups excluding carboxylic acids is 1. The number of nitrogens with zero attached hydrogens (tertiary/aromatic N) is 1. The summed E-state index contributed by atoms with van der Waals surface area (Å²) in [6.07, 6.45) is 1.32. The maximum Gasteiger partial charge on any atom is 0.267 e. The summed E-state index contributed by atoms with van der Waals surface area (Å²) >= 11 is 11.3. The zero-order valence-corrected chi connectivity index (χ0v) is 11.4. The van der Waals surface area contributed by atoms with E-state index in [0.717, 1.165) is 0 Å². The lowest BCUT2D eigenvalue weighted by atomic mass is 10.2. The van der Waals surface area contributed by atoms with Gasteiger partial charge in [-0.25, -0.2) is 0 Å². The summed E-state index contributed by atoms with van der Waals surface area (Å²) in [6.45, 7) is 0.466. The average Bonchev–Trinajstić information content (AvgIpc) is 2.39. The first-order chi connectivity index (χ1) is 9.08. The van der Waals surface area contributed by atoms with Crippen LogP contribution < -0.4 is 16.4 Å². The topological polar surface area (TPSA) is 90.9 Å². The molecule has 1 aromatic rings. The highest BCUT2D eigenvalue weighted by Gasteiger charge is 2.09. The van der Waals surface area contributed by atoms with Gasteiger partial charge in [0.25, 0.3) is 5.91 Å². The minimum absolute atomic E-state index is 0.0573. The van der Waals surface area contributed by atoms with Gasteiger partial charge in [-0.15, -0.1) is 11.6 Å². The molecule has 5 nitrogen and oxygen atoms in total. The molecule has 1 amide bonds. The summed E-state index contributed by atoms with van der Waals surface area (Å²) in [7, 11) is 0. The second-order valence-corrected chi connectivity index (χ2v) is 4.29. The molecule has 0 aliphatic carbocycles. The minimum Gasteiger partial charge on any atom is -0.398 e. The lowest BCUT2D eigenvalue weighted by Crippen LogP contribution is -2.17. The van der Waals surface area contributed by atoms with Gasteiger partial charge in [0.2, 0.25) is 0 Å². The summed E-state index contributed by atoms with van der Waals surface area (Å²) < 4.78 is 0. The number of hydrogen-bond donors (Lipinski definition) is 3. The zero-order chi connectivity index (χ0) is 14.3. The quantitative estimate of drug-likeness (QED) is 0.255. The SMILES string of the molecule is N#C/C(=C/NCCCl)C(=O)Nc1ccc(N)c(Cl)c1. The summed E-state index contributed by atoms with van der Waals surface area (Å²) in [5, 5.41) is 14.5. The van der Waals surface area contributed by atoms with Crippen LogP contribution in [0.5, 0.6) is 0 Å². The van der Waals surface area contributed by atoms with E-state index in [1.165, 1.54) is 12.3 Å². The highest BCUT2D eigenvalue weighted by molar-refractivity contribution is 6.33. The van der Waals surface area contributed by atoms with Crippen LogP contribution in [0.15, 0.2) is 30.0 Å². The van der Waals surface area contributed by atoms with E-state index in [9.17, 15) is 4.79 Å². The molecule has 0 aliphatic rings. The molecule has 100 valence electrons. The van der Waals surface area contributed by atoms with Crippen molar-refractivity contribution in [2.75, 3.05) is 23.5 Å². The first-order valence-corrected chi connectivity index (χ1v) is 6.25. The van der Waals surface area contributed by atoms with Crippen LogP contribution in [0.2, 0.25) is 5.02 Å². The molecule has 7 heteroatoms. The van der Waals surface area contributed by atoms with E-state index in [0.29, 0.717) is 28.8 Å². The molecule has 0 bridgehead atoms. The summed E-state index contributed by atoms with van der Waals surface area (Å²) in [6, 6.07) is 6.47. The monoisotopic (exact) mass is 298 g/mol. The summed E-state index contributed by atoms with van der Waals surface area (Å²) in [5.41, 5.74) is 6.38. The van der Waals surface area contributed by atoms with Crippen LogP contribution in [0.25, 0.3) is 0 Å². The molecular weight excluding hydrogens is 287 g/mol. The summed E-state index contributed by atoms with van der Waals surface area (Å²) in [5.74, 6) is -0.157. The van der Waals surface area contributed by atoms with Crippen molar-refractivity contribution in [3.8, 4) is 6.07 Å². The van der Waals surface area contributed by atoms with Gasteiger partial charge in [0.15, 0.2) is 0 Å². The zero-order valence-electron chi connectivity index (χ0n) is 9.91. The molecule has 0 spiro atoms. The Balaban J connectivity index is 2.74. The fraction of sp³-hybridized carbons (Fsp3) is 0.167. The van der Waals surface area contributed by atoms with E-state index in [4.69, 9.17) is 34.2 Å². The maximum absolute atomic E-state index is 11.8. The molecule has 0 aliphatic heterocycles. The fourth-order valence-corrected chi connectivity index (χ4v) is 1.47. The van der Waals surface area contributed by atoms with E-state index < -0.39 is 5.91 Å². The Bertz CT molecular complexity index is 537. The number of alkyl halides is 1. The highest BCUT2D eigenvalue weighted by Crippen LogP contribution is 2.22. The Morgan fingerprint density at radius 1 is 1.53 bits per heavy atom. The standard InChI is InChI=1S/C12H12Cl2N4O/c13-3-4-17-7-8(6-15)12(19)18-9-1-2-11(16)10(14)5-9/h1-2,5,7,17H,3-4,16H2,(H,18,19)/b8-7-. The Kier molecular flexibility index (Phi) is 6.00. The third-order valence-electron chi connectivity index (χ3n) is 2.11. The van der Waals surface area contributed by atoms with Crippen molar-refractivity contribution in [3.05, 3.63) is 35.0 Å². The van der Waals surface area contributed by atoms with E-state index in [-0.39, 0.29) is 5.57 Å². The molecule has 0 heterocycles. The first-order valence-electron chi connectivity index (χ1n) is 5.34. The molecule has 0 aromatic heterocycles. The number of benzene rings is 1. The number of nitriles is 1. The van der Waals surface area contributed by atoms with Crippen molar-refractivity contribution in [1.82, 2.24) is 5.32 Å². The number of rotatable bonds is 5. The Hall–Kier alpha value is -1.90. The molecule has 19 heavy (non-hydrogen) atoms. The van der Waals surface area contributed by atoms with Crippen LogP contribution in [-0.4, -0.2) is 18.3 Å². The van der Waals surface area contributed by atoms with E-state index >= 15 is 0 Å². The molecule has 0 saturated carbocycles. The van der Waals surface area contributed by atoms with Gasteiger partial charge >= 0.3 is 0 Å². The van der Waals surface area contributed by atoms with Crippen LogP contribution in [0.3, 0.4) is 0 Å². The Morgan fingerprint density at radius 3 is 2.84 bits per heavy atom. The highest BCUT2D eigenvalue weighted by atomic mass is 35.5. The van der Waals surface area contributed by atoms with E-state index in [1.54, 1.807) is 18.2 Å². The van der Waals surface area contributed by atoms with Crippen LogP contribution in [-0.2, 0) is 4.79 Å². The number of anilines is 2. The van der Waals surface area contributed by atoms with Gasteiger partial charge in [0.1, 0.15) is 11.6 Å². The predicted octanol–water partition coefficient (Wildman–Crippen LogP) is 2.10. The number of nitrogens with two attached hydrogens (primary N) is 1. The molecule has 0 radical (unpaired) electrons. The molecular formula is C12H12Cl2N4O. The lowest BCUT2D eigenvalue weighted by Gasteiger charge is -2.06. The third kappa shape index (κ3) is 4.70. The fourth-order valence-electron chi connectivity index (χ4n) is 1.18. The normalized spacial score (nSPS) is 10.7. The van der Waals surface area contributed by atoms with E-state index in [2.05, 4.69) is 10.6 Å². The van der Waals surface area contributed by atoms with Gasteiger partial charge in [-0.1, -0.05) is 11.6 Å². The van der Waals surface area contributed by atoms with Crippen molar-refractivity contribution in [3.63, 3.8) is 0 Å². The Labute approximate surface area is 121 Å². The van der Waals surface area contributed by atoms with Crippen molar-refractivity contribution < 1.29 is 4.79 Å². The Morgan fingerprint density at radius 2 is 2.26 bits per heavy atom. The van der Waals surface area contributed by atoms with Gasteiger partial charge in [0.05, 0.1) is 10.7 Å². The molecule has 1 aromatic carbocycles. The second kappa shape index (κ2) is 7.52. The smallest absolute Gasteiger partial charge is 0.267 e. The second-order valence-electron chi connectivity index (χ2n) is 3.50. The molecule has 0 atom stereocenters. The predicted molar refractivity (Wildman–Crippen MR) is 76.9 cm³/mol. The van der Waals surface area contributed by atoms with Crippen LogP contribution in [0.4, 0.5) is 11.4 Å².